The number of aromatic amines is 4. The number of carbonyl (C=O) groups excluding carboxylic acids is 2. The van der Waals surface area contributed by atoms with E-state index < -0.39 is 11.6 Å². The van der Waals surface area contributed by atoms with Crippen LogP contribution in [0.5, 0.6) is 0 Å². The fourth-order valence-corrected chi connectivity index (χ4v) is 15.6. The zero-order valence-electron chi connectivity index (χ0n) is 51.9. The lowest BCUT2D eigenvalue weighted by Crippen LogP contribution is -2.26. The molecule has 4 saturated carbocycles. The number of ether oxygens (including phenoxy) is 4. The van der Waals surface area contributed by atoms with Gasteiger partial charge >= 0.3 is 0 Å². The van der Waals surface area contributed by atoms with E-state index in [9.17, 15) is 27.2 Å². The number of benzene rings is 8. The summed E-state index contributed by atoms with van der Waals surface area (Å²) in [4.78, 5) is 35.4. The molecule has 6 fully saturated rings. The third-order valence-corrected chi connectivity index (χ3v) is 20.2. The molecule has 6 aliphatic rings. The number of ketones is 2. The van der Waals surface area contributed by atoms with Gasteiger partial charge < -0.3 is 38.9 Å². The molecule has 4 aromatic heterocycles. The fraction of sp³-hybridized carbons (Fsp3) is 0.275. The van der Waals surface area contributed by atoms with Gasteiger partial charge in [0.25, 0.3) is 0 Å². The van der Waals surface area contributed by atoms with Gasteiger partial charge in [-0.3, -0.25) is 9.59 Å². The fourth-order valence-electron chi connectivity index (χ4n) is 15.6. The van der Waals surface area contributed by atoms with Gasteiger partial charge in [-0.05, 0) is 167 Å². The maximum atomic E-state index is 13.9. The Morgan fingerprint density at radius 2 is 0.596 bits per heavy atom. The molecule has 18 rings (SSSR count). The van der Waals surface area contributed by atoms with Crippen molar-refractivity contribution in [1.29, 1.82) is 0 Å². The SMILES string of the molecule is Fc1ccc2[nH]cc(C3CCC4(C3)O[C@@H](c3ccccc3)[C@H](c3ccccc3)O4)c2c1.Fc1ccc2[nH]cc([C@H]3CCC4(C3)O[C@@H](c3ccccc3)[C@H](c3ccccc3)O4)c2c1.O=C1CCC(c2c[nH]c3ccc(F)cc23)C1.O=C1CC[C@H](c2c[nH]c3ccc(F)cc23)C1. The van der Waals surface area contributed by atoms with E-state index in [1.165, 1.54) is 24.3 Å². The summed E-state index contributed by atoms with van der Waals surface area (Å²) >= 11 is 0. The number of hydrogen-bond donors (Lipinski definition) is 4. The Morgan fingerprint density at radius 1 is 0.330 bits per heavy atom. The van der Waals surface area contributed by atoms with Crippen LogP contribution in [-0.2, 0) is 28.5 Å². The molecular weight excluding hydrogens is 1190 g/mol. The third-order valence-electron chi connectivity index (χ3n) is 20.2. The number of carbonyl (C=O) groups is 2. The average molecular weight is 1260 g/mol. The standard InChI is InChI=1S/2C27H24FNO2.2C13H12FNO/c2*28-21-11-12-24-22(15-21)23(17-29-24)20-13-14-27(16-20)30-25(18-7-3-1-4-8-18)26(31-27)19-9-5-2-6-10-19;2*14-9-2-4-13-11(6-9)12(7-15-13)8-1-3-10(16)5-8/h2*1-12,15,17,20,25-26,29H,13-14,16H2;2*2,4,6-8,15H,1,3,5H2/t20?,25-,26-;20-,25-,26-;8-;/m000./s1. The van der Waals surface area contributed by atoms with Gasteiger partial charge in [0.15, 0.2) is 11.6 Å². The van der Waals surface area contributed by atoms with E-state index in [0.717, 1.165) is 139 Å². The van der Waals surface area contributed by atoms with Gasteiger partial charge in [-0.1, -0.05) is 121 Å². The van der Waals surface area contributed by atoms with Crippen LogP contribution in [0.2, 0.25) is 0 Å². The van der Waals surface area contributed by atoms with Crippen LogP contribution in [0.3, 0.4) is 0 Å². The molecule has 0 bridgehead atoms. The van der Waals surface area contributed by atoms with E-state index in [0.29, 0.717) is 37.2 Å². The van der Waals surface area contributed by atoms with Crippen molar-refractivity contribution in [1.82, 2.24) is 19.9 Å². The maximum Gasteiger partial charge on any atom is 0.170 e. The average Bonchev–Trinajstić information content (AvgIpc) is 1.60. The number of nitrogens with one attached hydrogen (secondary N) is 4. The second kappa shape index (κ2) is 26.0. The van der Waals surface area contributed by atoms with E-state index in [1.807, 2.05) is 97.6 Å². The summed E-state index contributed by atoms with van der Waals surface area (Å²) < 4.78 is 81.0. The number of fused-ring (bicyclic) bond motifs is 4. The summed E-state index contributed by atoms with van der Waals surface area (Å²) in [5.41, 5.74) is 12.8. The molecule has 8 aromatic carbocycles. The van der Waals surface area contributed by atoms with E-state index in [-0.39, 0.29) is 71.4 Å². The van der Waals surface area contributed by atoms with Gasteiger partial charge in [0.05, 0.1) is 0 Å². The predicted molar refractivity (Wildman–Crippen MR) is 356 cm³/mol. The second-order valence-corrected chi connectivity index (χ2v) is 26.2. The minimum Gasteiger partial charge on any atom is -0.361 e. The number of hydrogen-bond acceptors (Lipinski definition) is 6. The number of rotatable bonds is 8. The molecular formula is C80H72F4N4O6. The molecule has 2 spiro atoms. The maximum absolute atomic E-state index is 13.9. The molecule has 6 heterocycles. The predicted octanol–water partition coefficient (Wildman–Crippen LogP) is 19.9. The Bertz CT molecular complexity index is 4270. The van der Waals surface area contributed by atoms with Crippen molar-refractivity contribution < 1.29 is 46.1 Å². The van der Waals surface area contributed by atoms with Crippen LogP contribution in [-0.4, -0.2) is 43.1 Å². The highest BCUT2D eigenvalue weighted by Gasteiger charge is 2.54. The molecule has 4 N–H and O–H groups in total. The minimum absolute atomic E-state index is 0.150. The summed E-state index contributed by atoms with van der Waals surface area (Å²) in [7, 11) is 0. The smallest absolute Gasteiger partial charge is 0.170 e. The molecule has 476 valence electrons. The normalized spacial score (nSPS) is 23.5. The molecule has 2 saturated heterocycles. The number of halogens is 4. The van der Waals surface area contributed by atoms with Crippen LogP contribution in [0.25, 0.3) is 43.6 Å². The van der Waals surface area contributed by atoms with Crippen LogP contribution < -0.4 is 0 Å². The Balaban J connectivity index is 0.000000108. The monoisotopic (exact) mass is 1260 g/mol. The van der Waals surface area contributed by atoms with Gasteiger partial charge in [0.2, 0.25) is 0 Å². The summed E-state index contributed by atoms with van der Waals surface area (Å²) in [5.74, 6) is -0.410. The molecule has 2 aliphatic heterocycles. The minimum atomic E-state index is -0.622. The first-order chi connectivity index (χ1) is 45.9. The molecule has 12 aromatic rings. The van der Waals surface area contributed by atoms with Gasteiger partial charge in [-0.15, -0.1) is 0 Å². The van der Waals surface area contributed by atoms with E-state index in [1.54, 1.807) is 48.5 Å². The zero-order chi connectivity index (χ0) is 63.9. The topological polar surface area (TPSA) is 134 Å². The van der Waals surface area contributed by atoms with E-state index in [2.05, 4.69) is 68.5 Å². The molecule has 8 atom stereocenters. The Hall–Kier alpha value is -9.18. The highest BCUT2D eigenvalue weighted by atomic mass is 19.1. The van der Waals surface area contributed by atoms with Crippen LogP contribution in [0.15, 0.2) is 219 Å². The summed E-state index contributed by atoms with van der Waals surface area (Å²) in [6, 6.07) is 60.6. The lowest BCUT2D eigenvalue weighted by atomic mass is 9.96. The quantitative estimate of drug-likeness (QED) is 0.112. The first-order valence-electron chi connectivity index (χ1n) is 32.9. The van der Waals surface area contributed by atoms with Gasteiger partial charge in [-0.2, -0.15) is 0 Å². The number of Topliss-reactive ketones (excluding diaryl/α,β-unsaturated/α-hetero) is 2. The highest BCUT2D eigenvalue weighted by Crippen LogP contribution is 2.58. The zero-order valence-corrected chi connectivity index (χ0v) is 51.9. The molecule has 2 unspecified atom stereocenters. The number of aromatic nitrogens is 4. The number of H-pyrrole nitrogens is 4. The van der Waals surface area contributed by atoms with Crippen LogP contribution in [0.1, 0.15) is 170 Å². The van der Waals surface area contributed by atoms with Crippen LogP contribution in [0.4, 0.5) is 17.6 Å². The van der Waals surface area contributed by atoms with Gasteiger partial charge in [0, 0.05) is 120 Å². The van der Waals surface area contributed by atoms with Crippen molar-refractivity contribution in [3.05, 3.63) is 287 Å². The van der Waals surface area contributed by atoms with Crippen molar-refractivity contribution in [3.8, 4) is 0 Å². The Morgan fingerprint density at radius 3 is 0.851 bits per heavy atom. The first kappa shape index (κ1) is 61.0. The lowest BCUT2D eigenvalue weighted by Gasteiger charge is -2.23. The molecule has 0 amide bonds. The van der Waals surface area contributed by atoms with Crippen molar-refractivity contribution in [2.45, 2.75) is 137 Å². The van der Waals surface area contributed by atoms with Crippen LogP contribution >= 0.6 is 0 Å². The van der Waals surface area contributed by atoms with Gasteiger partial charge in [-0.25, -0.2) is 17.6 Å². The Kier molecular flexibility index (Phi) is 16.9. The van der Waals surface area contributed by atoms with Crippen molar-refractivity contribution in [3.63, 3.8) is 0 Å². The van der Waals surface area contributed by atoms with Crippen molar-refractivity contribution >= 4 is 55.2 Å². The second-order valence-electron chi connectivity index (χ2n) is 26.2. The molecule has 0 radical (unpaired) electrons. The molecule has 10 nitrogen and oxygen atoms in total. The Labute approximate surface area is 542 Å². The lowest BCUT2D eigenvalue weighted by molar-refractivity contribution is -0.171. The van der Waals surface area contributed by atoms with Crippen molar-refractivity contribution in [2.24, 2.45) is 0 Å². The molecule has 94 heavy (non-hydrogen) atoms. The summed E-state index contributed by atoms with van der Waals surface area (Å²) in [6.45, 7) is 0. The summed E-state index contributed by atoms with van der Waals surface area (Å²) in [5, 5.41) is 3.75. The highest BCUT2D eigenvalue weighted by molar-refractivity contribution is 5.89. The summed E-state index contributed by atoms with van der Waals surface area (Å²) in [6.07, 6.45) is 16.6. The van der Waals surface area contributed by atoms with E-state index in [4.69, 9.17) is 18.9 Å². The van der Waals surface area contributed by atoms with Gasteiger partial charge in [0.1, 0.15) is 59.3 Å². The van der Waals surface area contributed by atoms with E-state index >= 15 is 0 Å². The molecule has 4 aliphatic carbocycles. The largest absolute Gasteiger partial charge is 0.361 e. The molecule has 14 heteroatoms. The third kappa shape index (κ3) is 12.5. The van der Waals surface area contributed by atoms with Crippen LogP contribution in [0, 0.1) is 23.3 Å². The first-order valence-corrected chi connectivity index (χ1v) is 32.9. The van der Waals surface area contributed by atoms with Crippen molar-refractivity contribution in [2.75, 3.05) is 0 Å².